The molecule has 2 saturated heterocycles. The van der Waals surface area contributed by atoms with Crippen molar-refractivity contribution in [1.29, 1.82) is 0 Å². The summed E-state index contributed by atoms with van der Waals surface area (Å²) in [5.74, 6) is -1.42. The number of nitrogens with one attached hydrogen (secondary N) is 1. The van der Waals surface area contributed by atoms with Gasteiger partial charge in [-0.3, -0.25) is 24.0 Å². The van der Waals surface area contributed by atoms with Crippen LogP contribution in [0.3, 0.4) is 0 Å². The summed E-state index contributed by atoms with van der Waals surface area (Å²) in [6.45, 7) is 1.44. The quantitative estimate of drug-likeness (QED) is 0.203. The molecule has 2 aliphatic heterocycles. The van der Waals surface area contributed by atoms with Crippen LogP contribution in [0.25, 0.3) is 16.9 Å². The number of hydrogen-bond donors (Lipinski definition) is 2. The maximum absolute atomic E-state index is 13.6. The molecule has 0 aliphatic carbocycles. The fourth-order valence-corrected chi connectivity index (χ4v) is 7.49. The molecule has 5 aromatic rings. The van der Waals surface area contributed by atoms with Crippen LogP contribution in [0.2, 0.25) is 0 Å². The molecule has 17 heteroatoms. The number of carbonyl (C=O) groups is 3. The highest BCUT2D eigenvalue weighted by atomic mass is 32.2. The van der Waals surface area contributed by atoms with Gasteiger partial charge in [0, 0.05) is 66.2 Å². The number of benzene rings is 2. The summed E-state index contributed by atoms with van der Waals surface area (Å²) in [7, 11) is 0. The number of rotatable bonds is 11. The van der Waals surface area contributed by atoms with E-state index >= 15 is 0 Å². The van der Waals surface area contributed by atoms with E-state index in [1.165, 1.54) is 33.6 Å². The largest absolute Gasteiger partial charge is 0.435 e. The van der Waals surface area contributed by atoms with Crippen molar-refractivity contribution >= 4 is 40.8 Å². The standard InChI is InChI=1S/C35H35F2N9O5S/c36-35(37)51-24-5-6-26(32(38)48)29(18-24)52-25-4-1-3-22(17-25)31-28(41-34(49)27-19-40-46-10-2-9-39-33(27)46)20-45(42-31)21-30(47)44-11-7-23(8-12-44)43-13-15-50-16-14-43/h1-6,9-10,17-20,23,35H,7-8,11-16,21H2,(H2,38,48)(H,41,49). The van der Waals surface area contributed by atoms with Gasteiger partial charge in [-0.15, -0.1) is 0 Å². The Bertz CT molecular complexity index is 2090. The molecule has 52 heavy (non-hydrogen) atoms. The molecule has 3 aromatic heterocycles. The molecule has 0 saturated carbocycles. The smallest absolute Gasteiger partial charge is 0.387 e. The van der Waals surface area contributed by atoms with E-state index in [1.54, 1.807) is 48.9 Å². The van der Waals surface area contributed by atoms with Crippen molar-refractivity contribution in [3.8, 4) is 17.0 Å². The molecule has 0 spiro atoms. The Kier molecular flexibility index (Phi) is 10.4. The Morgan fingerprint density at radius 3 is 2.62 bits per heavy atom. The molecule has 0 unspecified atom stereocenters. The highest BCUT2D eigenvalue weighted by Crippen LogP contribution is 2.37. The average molecular weight is 732 g/mol. The van der Waals surface area contributed by atoms with Gasteiger partial charge in [0.1, 0.15) is 23.6 Å². The number of carbonyl (C=O) groups excluding carboxylic acids is 3. The lowest BCUT2D eigenvalue weighted by molar-refractivity contribution is -0.133. The highest BCUT2D eigenvalue weighted by Gasteiger charge is 2.28. The number of halogens is 2. The summed E-state index contributed by atoms with van der Waals surface area (Å²) in [5, 5.41) is 11.9. The molecular weight excluding hydrogens is 697 g/mol. The first-order valence-corrected chi connectivity index (χ1v) is 17.5. The van der Waals surface area contributed by atoms with Crippen LogP contribution in [0, 0.1) is 0 Å². The number of ether oxygens (including phenoxy) is 2. The summed E-state index contributed by atoms with van der Waals surface area (Å²) in [4.78, 5) is 48.8. The zero-order valence-electron chi connectivity index (χ0n) is 27.9. The number of anilines is 1. The van der Waals surface area contributed by atoms with Crippen molar-refractivity contribution in [3.63, 3.8) is 0 Å². The van der Waals surface area contributed by atoms with E-state index in [9.17, 15) is 23.2 Å². The van der Waals surface area contributed by atoms with Gasteiger partial charge in [-0.05, 0) is 49.2 Å². The number of morpholine rings is 1. The number of alkyl halides is 2. The van der Waals surface area contributed by atoms with Crippen LogP contribution >= 0.6 is 11.8 Å². The zero-order valence-corrected chi connectivity index (χ0v) is 28.7. The minimum Gasteiger partial charge on any atom is -0.435 e. The third kappa shape index (κ3) is 7.90. The van der Waals surface area contributed by atoms with E-state index in [1.807, 2.05) is 4.90 Å². The Morgan fingerprint density at radius 1 is 1.04 bits per heavy atom. The minimum atomic E-state index is -3.05. The number of amides is 3. The van der Waals surface area contributed by atoms with Crippen molar-refractivity contribution in [2.75, 3.05) is 44.7 Å². The average Bonchev–Trinajstić information content (AvgIpc) is 3.76. The Morgan fingerprint density at radius 2 is 1.85 bits per heavy atom. The molecule has 0 bridgehead atoms. The number of primary amides is 1. The lowest BCUT2D eigenvalue weighted by Crippen LogP contribution is -2.50. The second-order valence-corrected chi connectivity index (χ2v) is 13.4. The predicted molar refractivity (Wildman–Crippen MR) is 186 cm³/mol. The molecule has 14 nitrogen and oxygen atoms in total. The monoisotopic (exact) mass is 731 g/mol. The number of hydrogen-bond acceptors (Lipinski definition) is 10. The summed E-state index contributed by atoms with van der Waals surface area (Å²) >= 11 is 1.12. The second kappa shape index (κ2) is 15.5. The SMILES string of the molecule is NC(=O)c1ccc(OC(F)F)cc1Sc1cccc(-c2nn(CC(=O)N3CCC(N4CCOCC4)CC3)cc2NC(=O)c2cnn3cccnc23)c1. The molecule has 2 fully saturated rings. The molecule has 2 aromatic carbocycles. The van der Waals surface area contributed by atoms with Crippen molar-refractivity contribution < 1.29 is 32.6 Å². The van der Waals surface area contributed by atoms with E-state index in [0.717, 1.165) is 50.9 Å². The van der Waals surface area contributed by atoms with Crippen LogP contribution in [0.5, 0.6) is 5.75 Å². The van der Waals surface area contributed by atoms with E-state index in [0.29, 0.717) is 51.5 Å². The van der Waals surface area contributed by atoms with Crippen LogP contribution < -0.4 is 15.8 Å². The first kappa shape index (κ1) is 35.0. The molecule has 5 heterocycles. The Labute approximate surface area is 300 Å². The summed E-state index contributed by atoms with van der Waals surface area (Å²) in [6.07, 6.45) is 8.04. The van der Waals surface area contributed by atoms with Crippen LogP contribution in [-0.2, 0) is 16.1 Å². The minimum absolute atomic E-state index is 0.0449. The lowest BCUT2D eigenvalue weighted by atomic mass is 10.0. The van der Waals surface area contributed by atoms with Gasteiger partial charge in [-0.25, -0.2) is 9.50 Å². The topological polar surface area (TPSA) is 162 Å². The van der Waals surface area contributed by atoms with Gasteiger partial charge in [-0.2, -0.15) is 19.0 Å². The molecule has 0 atom stereocenters. The van der Waals surface area contributed by atoms with Crippen LogP contribution in [-0.4, -0.2) is 104 Å². The summed E-state index contributed by atoms with van der Waals surface area (Å²) in [6, 6.07) is 13.1. The number of aromatic nitrogens is 5. The van der Waals surface area contributed by atoms with E-state index in [2.05, 4.69) is 25.0 Å². The number of piperidine rings is 1. The number of nitrogens with zero attached hydrogens (tertiary/aromatic N) is 7. The van der Waals surface area contributed by atoms with Crippen LogP contribution in [0.4, 0.5) is 14.5 Å². The molecule has 3 amide bonds. The molecular formula is C35H35F2N9O5S. The first-order valence-electron chi connectivity index (χ1n) is 16.7. The van der Waals surface area contributed by atoms with Crippen molar-refractivity contribution in [1.82, 2.24) is 34.2 Å². The van der Waals surface area contributed by atoms with Gasteiger partial charge in [-0.1, -0.05) is 23.9 Å². The van der Waals surface area contributed by atoms with Crippen LogP contribution in [0.15, 0.2) is 83.1 Å². The number of likely N-dealkylation sites (tertiary alicyclic amines) is 1. The number of fused-ring (bicyclic) bond motifs is 1. The maximum Gasteiger partial charge on any atom is 0.387 e. The summed E-state index contributed by atoms with van der Waals surface area (Å²) < 4.78 is 38.9. The third-order valence-corrected chi connectivity index (χ3v) is 10.0. The fraction of sp³-hybridized carbons (Fsp3) is 0.314. The zero-order chi connectivity index (χ0) is 36.2. The van der Waals surface area contributed by atoms with Gasteiger partial charge in [0.15, 0.2) is 5.65 Å². The molecule has 0 radical (unpaired) electrons. The summed E-state index contributed by atoms with van der Waals surface area (Å²) in [5.41, 5.74) is 7.61. The Balaban J connectivity index is 1.15. The number of nitrogens with two attached hydrogens (primary N) is 1. The van der Waals surface area contributed by atoms with Gasteiger partial charge >= 0.3 is 6.61 Å². The van der Waals surface area contributed by atoms with Crippen molar-refractivity contribution in [2.24, 2.45) is 5.73 Å². The molecule has 3 N–H and O–H groups in total. The van der Waals surface area contributed by atoms with Crippen molar-refractivity contribution in [3.05, 3.63) is 84.4 Å². The Hall–Kier alpha value is -5.39. The fourth-order valence-electron chi connectivity index (χ4n) is 6.45. The highest BCUT2D eigenvalue weighted by molar-refractivity contribution is 7.99. The van der Waals surface area contributed by atoms with E-state index in [-0.39, 0.29) is 29.3 Å². The molecule has 7 rings (SSSR count). The maximum atomic E-state index is 13.6. The van der Waals surface area contributed by atoms with E-state index in [4.69, 9.17) is 15.6 Å². The normalized spacial score (nSPS) is 15.6. The molecule has 2 aliphatic rings. The van der Waals surface area contributed by atoms with E-state index < -0.39 is 18.4 Å². The first-order chi connectivity index (χ1) is 25.2. The van der Waals surface area contributed by atoms with Gasteiger partial charge in [0.2, 0.25) is 11.8 Å². The molecule has 270 valence electrons. The van der Waals surface area contributed by atoms with Crippen LogP contribution in [0.1, 0.15) is 33.6 Å². The lowest BCUT2D eigenvalue weighted by Gasteiger charge is -2.40. The third-order valence-electron chi connectivity index (χ3n) is 8.99. The predicted octanol–water partition coefficient (Wildman–Crippen LogP) is 4.02. The van der Waals surface area contributed by atoms with Gasteiger partial charge in [0.05, 0.1) is 30.7 Å². The van der Waals surface area contributed by atoms with Gasteiger partial charge < -0.3 is 25.4 Å². The van der Waals surface area contributed by atoms with Gasteiger partial charge in [0.25, 0.3) is 5.91 Å². The second-order valence-electron chi connectivity index (χ2n) is 12.3. The van der Waals surface area contributed by atoms with Crippen molar-refractivity contribution in [2.45, 2.75) is 41.8 Å².